The fraction of sp³-hybridized carbons (Fsp3) is 0.920. The predicted molar refractivity (Wildman–Crippen MR) is 125 cm³/mol. The van der Waals surface area contributed by atoms with Gasteiger partial charge in [-0.2, -0.15) is 0 Å². The van der Waals surface area contributed by atoms with E-state index in [9.17, 15) is 9.59 Å². The second-order valence-electron chi connectivity index (χ2n) is 10.8. The average Bonchev–Trinajstić information content (AvgIpc) is 2.81. The van der Waals surface area contributed by atoms with Crippen molar-refractivity contribution in [3.63, 3.8) is 0 Å². The van der Waals surface area contributed by atoms with Gasteiger partial charge in [-0.25, -0.2) is 4.79 Å². The minimum absolute atomic E-state index is 0.0430. The zero-order valence-corrected chi connectivity index (χ0v) is 20.9. The van der Waals surface area contributed by atoms with E-state index in [4.69, 9.17) is 0 Å². The minimum atomic E-state index is -0.687. The van der Waals surface area contributed by atoms with Gasteiger partial charge in [-0.1, -0.05) is 59.3 Å². The molecule has 0 unspecified atom stereocenters. The maximum absolute atomic E-state index is 13.8. The highest BCUT2D eigenvalue weighted by atomic mass is 16.2. The normalized spacial score (nSPS) is 23.0. The molecule has 2 fully saturated rings. The molecule has 0 N–H and O–H groups in total. The highest BCUT2D eigenvalue weighted by Crippen LogP contribution is 2.49. The van der Waals surface area contributed by atoms with E-state index >= 15 is 0 Å². The molecule has 0 radical (unpaired) electrons. The number of piperidine rings is 1. The third-order valence-electron chi connectivity index (χ3n) is 7.32. The van der Waals surface area contributed by atoms with Gasteiger partial charge in [-0.3, -0.25) is 14.6 Å². The molecule has 0 aromatic rings. The van der Waals surface area contributed by atoms with E-state index in [1.54, 1.807) is 4.90 Å². The molecule has 2 rings (SSSR count). The van der Waals surface area contributed by atoms with Crippen LogP contribution in [0.4, 0.5) is 4.79 Å². The molecule has 1 spiro atoms. The van der Waals surface area contributed by atoms with E-state index in [1.165, 1.54) is 25.7 Å². The molecule has 30 heavy (non-hydrogen) atoms. The molecule has 2 aliphatic rings. The molecule has 0 atom stereocenters. The number of hydrogen-bond donors (Lipinski definition) is 0. The summed E-state index contributed by atoms with van der Waals surface area (Å²) in [5.74, 6) is 0.0639. The fourth-order valence-electron chi connectivity index (χ4n) is 6.36. The van der Waals surface area contributed by atoms with Gasteiger partial charge in [0.05, 0.1) is 0 Å². The first kappa shape index (κ1) is 25.2. The molecule has 2 heterocycles. The molecule has 2 aliphatic heterocycles. The van der Waals surface area contributed by atoms with Crippen molar-refractivity contribution in [2.75, 3.05) is 19.6 Å². The molecule has 3 amide bonds. The Morgan fingerprint density at radius 1 is 0.733 bits per heavy atom. The SMILES string of the molecule is CCCCCCCCN1C(=O)N(CCCC)C2(CC(C)(C)N(CC)C(C)(C)C2)C1=O. The van der Waals surface area contributed by atoms with Crippen molar-refractivity contribution in [1.82, 2.24) is 14.7 Å². The van der Waals surface area contributed by atoms with Crippen LogP contribution < -0.4 is 0 Å². The van der Waals surface area contributed by atoms with Crippen molar-refractivity contribution in [1.29, 1.82) is 0 Å². The van der Waals surface area contributed by atoms with Gasteiger partial charge in [0, 0.05) is 24.2 Å². The fourth-order valence-corrected chi connectivity index (χ4v) is 6.36. The van der Waals surface area contributed by atoms with E-state index < -0.39 is 5.54 Å². The Labute approximate surface area is 185 Å². The number of amides is 3. The number of nitrogens with zero attached hydrogens (tertiary/aromatic N) is 3. The Kier molecular flexibility index (Phi) is 8.40. The quantitative estimate of drug-likeness (QED) is 0.312. The van der Waals surface area contributed by atoms with Gasteiger partial charge in [0.25, 0.3) is 5.91 Å². The highest BCUT2D eigenvalue weighted by molar-refractivity contribution is 6.07. The minimum Gasteiger partial charge on any atom is -0.309 e. The summed E-state index contributed by atoms with van der Waals surface area (Å²) in [5.41, 5.74) is -0.951. The van der Waals surface area contributed by atoms with Crippen LogP contribution in [0.25, 0.3) is 0 Å². The third kappa shape index (κ3) is 4.87. The summed E-state index contributed by atoms with van der Waals surface area (Å²) in [6.07, 6.45) is 10.4. The van der Waals surface area contributed by atoms with Gasteiger partial charge in [0.2, 0.25) is 0 Å². The van der Waals surface area contributed by atoms with Crippen LogP contribution in [0, 0.1) is 0 Å². The van der Waals surface area contributed by atoms with Gasteiger partial charge >= 0.3 is 6.03 Å². The molecule has 0 bridgehead atoms. The summed E-state index contributed by atoms with van der Waals surface area (Å²) in [7, 11) is 0. The van der Waals surface area contributed by atoms with Crippen molar-refractivity contribution in [2.45, 2.75) is 129 Å². The summed E-state index contributed by atoms with van der Waals surface area (Å²) < 4.78 is 0. The Bertz CT molecular complexity index is 581. The van der Waals surface area contributed by atoms with Crippen molar-refractivity contribution < 1.29 is 9.59 Å². The topological polar surface area (TPSA) is 43.9 Å². The van der Waals surface area contributed by atoms with Crippen molar-refractivity contribution >= 4 is 11.9 Å². The molecule has 0 aliphatic carbocycles. The second-order valence-corrected chi connectivity index (χ2v) is 10.8. The summed E-state index contributed by atoms with van der Waals surface area (Å²) >= 11 is 0. The van der Waals surface area contributed by atoms with Gasteiger partial charge in [-0.15, -0.1) is 0 Å². The van der Waals surface area contributed by atoms with Crippen LogP contribution >= 0.6 is 0 Å². The lowest BCUT2D eigenvalue weighted by Gasteiger charge is -2.59. The lowest BCUT2D eigenvalue weighted by molar-refractivity contribution is -0.146. The summed E-state index contributed by atoms with van der Waals surface area (Å²) in [5, 5.41) is 0. The van der Waals surface area contributed by atoms with Crippen molar-refractivity contribution in [2.24, 2.45) is 0 Å². The highest BCUT2D eigenvalue weighted by Gasteiger charge is 2.64. The Morgan fingerprint density at radius 2 is 1.27 bits per heavy atom. The molecule has 5 heteroatoms. The largest absolute Gasteiger partial charge is 0.327 e. The summed E-state index contributed by atoms with van der Waals surface area (Å²) in [4.78, 5) is 33.4. The number of unbranched alkanes of at least 4 members (excludes halogenated alkanes) is 6. The van der Waals surface area contributed by atoms with E-state index in [-0.39, 0.29) is 23.0 Å². The Balaban J connectivity index is 2.25. The van der Waals surface area contributed by atoms with Crippen LogP contribution in [-0.2, 0) is 4.79 Å². The van der Waals surface area contributed by atoms with Crippen molar-refractivity contribution in [3.05, 3.63) is 0 Å². The number of carbonyl (C=O) groups excluding carboxylic acids is 2. The second kappa shape index (κ2) is 10.0. The van der Waals surface area contributed by atoms with Gasteiger partial charge in [0.15, 0.2) is 0 Å². The van der Waals surface area contributed by atoms with E-state index in [0.717, 1.165) is 45.1 Å². The molecule has 0 aromatic carbocycles. The standard InChI is InChI=1S/C25H47N3O2/c1-8-11-13-14-15-16-17-26-21(29)25(27(22(26)30)18-12-9-2)19-23(4,5)28(10-3)24(6,7)20-25/h8-20H2,1-7H3. The van der Waals surface area contributed by atoms with Crippen LogP contribution in [0.2, 0.25) is 0 Å². The Hall–Kier alpha value is -1.10. The number of hydrogen-bond acceptors (Lipinski definition) is 3. The van der Waals surface area contributed by atoms with Gasteiger partial charge in [-0.05, 0) is 59.9 Å². The molecule has 0 aromatic heterocycles. The van der Waals surface area contributed by atoms with Crippen LogP contribution in [0.5, 0.6) is 0 Å². The molecule has 2 saturated heterocycles. The molecule has 174 valence electrons. The third-order valence-corrected chi connectivity index (χ3v) is 7.32. The Morgan fingerprint density at radius 3 is 1.80 bits per heavy atom. The van der Waals surface area contributed by atoms with E-state index in [1.807, 2.05) is 4.90 Å². The molecular formula is C25H47N3O2. The van der Waals surface area contributed by atoms with E-state index in [0.29, 0.717) is 13.1 Å². The smallest absolute Gasteiger partial charge is 0.309 e. The number of rotatable bonds is 11. The number of likely N-dealkylation sites (tertiary alicyclic amines) is 1. The number of urea groups is 1. The lowest BCUT2D eigenvalue weighted by atomic mass is 9.68. The molecule has 5 nitrogen and oxygen atoms in total. The summed E-state index contributed by atoms with van der Waals surface area (Å²) in [6.45, 7) is 17.7. The number of carbonyl (C=O) groups is 2. The van der Waals surface area contributed by atoms with Crippen LogP contribution in [0.15, 0.2) is 0 Å². The first-order valence-corrected chi connectivity index (χ1v) is 12.5. The van der Waals surface area contributed by atoms with Crippen LogP contribution in [0.3, 0.4) is 0 Å². The first-order valence-electron chi connectivity index (χ1n) is 12.5. The molecule has 0 saturated carbocycles. The zero-order chi connectivity index (χ0) is 22.6. The van der Waals surface area contributed by atoms with Gasteiger partial charge in [0.1, 0.15) is 5.54 Å². The van der Waals surface area contributed by atoms with Gasteiger partial charge < -0.3 is 4.90 Å². The maximum Gasteiger partial charge on any atom is 0.327 e. The number of imide groups is 1. The maximum atomic E-state index is 13.8. The van der Waals surface area contributed by atoms with Crippen molar-refractivity contribution in [3.8, 4) is 0 Å². The zero-order valence-electron chi connectivity index (χ0n) is 20.9. The van der Waals surface area contributed by atoms with Crippen LogP contribution in [0.1, 0.15) is 113 Å². The van der Waals surface area contributed by atoms with E-state index in [2.05, 4.69) is 53.4 Å². The monoisotopic (exact) mass is 421 g/mol. The average molecular weight is 422 g/mol. The predicted octanol–water partition coefficient (Wildman–Crippen LogP) is 5.82. The van der Waals surface area contributed by atoms with Crippen LogP contribution in [-0.4, -0.2) is 62.9 Å². The molecular weight excluding hydrogens is 374 g/mol. The summed E-state index contributed by atoms with van der Waals surface area (Å²) in [6, 6.07) is -0.0430. The lowest BCUT2D eigenvalue weighted by Crippen LogP contribution is -2.70. The first-order chi connectivity index (χ1) is 14.1.